The summed E-state index contributed by atoms with van der Waals surface area (Å²) in [6.45, 7) is 7.82. The smallest absolute Gasteiger partial charge is 0.408 e. The van der Waals surface area contributed by atoms with Crippen LogP contribution in [0.15, 0.2) is 34.3 Å². The van der Waals surface area contributed by atoms with Crippen molar-refractivity contribution in [1.29, 1.82) is 0 Å². The number of carboxylic acids is 1. The molecule has 1 aromatic heterocycles. The lowest BCUT2D eigenvalue weighted by Crippen LogP contribution is -2.60. The van der Waals surface area contributed by atoms with Gasteiger partial charge in [0.2, 0.25) is 0 Å². The van der Waals surface area contributed by atoms with Crippen molar-refractivity contribution in [1.82, 2.24) is 15.3 Å². The van der Waals surface area contributed by atoms with Crippen LogP contribution in [0.25, 0.3) is 0 Å². The van der Waals surface area contributed by atoms with E-state index in [-0.39, 0.29) is 12.8 Å². The van der Waals surface area contributed by atoms with Crippen LogP contribution in [0, 0.1) is 6.92 Å². The fourth-order valence-corrected chi connectivity index (χ4v) is 4.71. The number of carbonyl (C=O) groups excluding carboxylic acids is 1. The summed E-state index contributed by atoms with van der Waals surface area (Å²) >= 11 is 13.7. The Labute approximate surface area is 207 Å². The van der Waals surface area contributed by atoms with Gasteiger partial charge in [-0.1, -0.05) is 41.0 Å². The number of carbonyl (C=O) groups is 2. The first-order valence-electron chi connectivity index (χ1n) is 10.4. The van der Waals surface area contributed by atoms with Crippen LogP contribution in [0.1, 0.15) is 39.3 Å². The number of anilines is 1. The number of carboxylic acid groups (broad SMARTS) is 1. The monoisotopic (exact) mass is 512 g/mol. The van der Waals surface area contributed by atoms with Gasteiger partial charge in [-0.05, 0) is 52.7 Å². The first kappa shape index (κ1) is 25.4. The zero-order chi connectivity index (χ0) is 24.4. The fraction of sp³-hybridized carbons (Fsp3) is 0.455. The summed E-state index contributed by atoms with van der Waals surface area (Å²) in [5.74, 6) is -0.439. The Morgan fingerprint density at radius 3 is 2.48 bits per heavy atom. The number of aliphatic carboxylic acids is 1. The summed E-state index contributed by atoms with van der Waals surface area (Å²) in [6.07, 6.45) is 1.33. The van der Waals surface area contributed by atoms with Gasteiger partial charge < -0.3 is 20.1 Å². The SMILES string of the molecule is Cc1nc(N2CCC(NC(=O)OC(C)(C)C)(C(=O)O)CC2)cnc1Sc1cccc(Cl)c1Cl. The average molecular weight is 513 g/mol. The molecule has 2 aromatic rings. The third kappa shape index (κ3) is 6.22. The van der Waals surface area contributed by atoms with Gasteiger partial charge in [0.05, 0.1) is 21.9 Å². The molecule has 1 fully saturated rings. The number of alkyl carbamates (subject to hydrolysis) is 1. The van der Waals surface area contributed by atoms with Crippen molar-refractivity contribution < 1.29 is 19.4 Å². The van der Waals surface area contributed by atoms with E-state index in [4.69, 9.17) is 27.9 Å². The molecule has 1 saturated heterocycles. The van der Waals surface area contributed by atoms with Gasteiger partial charge >= 0.3 is 12.1 Å². The number of nitrogens with zero attached hydrogens (tertiary/aromatic N) is 3. The third-order valence-corrected chi connectivity index (χ3v) is 7.19. The zero-order valence-electron chi connectivity index (χ0n) is 18.8. The standard InChI is InChI=1S/C22H26Cl2N4O4S/c1-13-18(33-15-7-5-6-14(23)17(15)24)25-12-16(26-13)28-10-8-22(9-11-28,19(29)30)27-20(31)32-21(2,3)4/h5-7,12H,8-11H2,1-4H3,(H,27,31)(H,29,30). The van der Waals surface area contributed by atoms with E-state index in [1.165, 1.54) is 11.8 Å². The van der Waals surface area contributed by atoms with Crippen LogP contribution in [-0.2, 0) is 9.53 Å². The number of halogens is 2. The minimum Gasteiger partial charge on any atom is -0.480 e. The highest BCUT2D eigenvalue weighted by molar-refractivity contribution is 7.99. The molecule has 3 rings (SSSR count). The van der Waals surface area contributed by atoms with Gasteiger partial charge in [-0.3, -0.25) is 0 Å². The number of piperidine rings is 1. The lowest BCUT2D eigenvalue weighted by Gasteiger charge is -2.39. The summed E-state index contributed by atoms with van der Waals surface area (Å²) in [6, 6.07) is 5.41. The van der Waals surface area contributed by atoms with Gasteiger partial charge in [-0.15, -0.1) is 0 Å². The first-order valence-corrected chi connectivity index (χ1v) is 11.9. The number of nitrogens with one attached hydrogen (secondary N) is 1. The van der Waals surface area contributed by atoms with Gasteiger partial charge in [0.25, 0.3) is 0 Å². The number of aromatic nitrogens is 2. The molecule has 8 nitrogen and oxygen atoms in total. The molecule has 1 aliphatic heterocycles. The number of amides is 1. The predicted molar refractivity (Wildman–Crippen MR) is 129 cm³/mol. The van der Waals surface area contributed by atoms with E-state index >= 15 is 0 Å². The lowest BCUT2D eigenvalue weighted by atomic mass is 9.87. The zero-order valence-corrected chi connectivity index (χ0v) is 21.1. The summed E-state index contributed by atoms with van der Waals surface area (Å²) in [5, 5.41) is 14.0. The van der Waals surface area contributed by atoms with Gasteiger partial charge in [0, 0.05) is 18.0 Å². The molecule has 0 bridgehead atoms. The molecule has 2 N–H and O–H groups in total. The summed E-state index contributed by atoms with van der Waals surface area (Å²) in [7, 11) is 0. The molecule has 1 aromatic carbocycles. The Balaban J connectivity index is 1.69. The lowest BCUT2D eigenvalue weighted by molar-refractivity contribution is -0.145. The summed E-state index contributed by atoms with van der Waals surface area (Å²) < 4.78 is 5.25. The van der Waals surface area contributed by atoms with Crippen LogP contribution in [0.2, 0.25) is 10.0 Å². The number of hydrogen-bond donors (Lipinski definition) is 2. The van der Waals surface area contributed by atoms with E-state index in [2.05, 4.69) is 15.3 Å². The topological polar surface area (TPSA) is 105 Å². The van der Waals surface area contributed by atoms with Gasteiger partial charge in [-0.25, -0.2) is 19.6 Å². The van der Waals surface area contributed by atoms with Gasteiger partial charge in [-0.2, -0.15) is 0 Å². The quantitative estimate of drug-likeness (QED) is 0.563. The number of benzene rings is 1. The molecule has 11 heteroatoms. The van der Waals surface area contributed by atoms with Crippen LogP contribution in [0.4, 0.5) is 10.6 Å². The van der Waals surface area contributed by atoms with Gasteiger partial charge in [0.15, 0.2) is 0 Å². The molecule has 1 aliphatic rings. The Hall–Kier alpha value is -2.23. The van der Waals surface area contributed by atoms with Crippen molar-refractivity contribution in [3.8, 4) is 0 Å². The number of hydrogen-bond acceptors (Lipinski definition) is 7. The molecule has 0 aliphatic carbocycles. The highest BCUT2D eigenvalue weighted by atomic mass is 35.5. The highest BCUT2D eigenvalue weighted by Gasteiger charge is 2.44. The molecule has 0 atom stereocenters. The van der Waals surface area contributed by atoms with Crippen LogP contribution in [0.5, 0.6) is 0 Å². The van der Waals surface area contributed by atoms with Crippen molar-refractivity contribution in [2.24, 2.45) is 0 Å². The molecule has 1 amide bonds. The fourth-order valence-electron chi connectivity index (χ4n) is 3.39. The second-order valence-corrected chi connectivity index (χ2v) is 10.6. The first-order chi connectivity index (χ1) is 15.4. The maximum absolute atomic E-state index is 12.2. The van der Waals surface area contributed by atoms with Crippen LogP contribution in [0.3, 0.4) is 0 Å². The predicted octanol–water partition coefficient (Wildman–Crippen LogP) is 5.19. The molecule has 0 spiro atoms. The van der Waals surface area contributed by atoms with Crippen LogP contribution < -0.4 is 10.2 Å². The maximum Gasteiger partial charge on any atom is 0.408 e. The third-order valence-electron chi connectivity index (χ3n) is 5.10. The minimum atomic E-state index is -1.39. The summed E-state index contributed by atoms with van der Waals surface area (Å²) in [4.78, 5) is 36.1. The molecule has 178 valence electrons. The Morgan fingerprint density at radius 2 is 1.91 bits per heavy atom. The van der Waals surface area contributed by atoms with Gasteiger partial charge in [0.1, 0.15) is 22.0 Å². The van der Waals surface area contributed by atoms with Crippen molar-refractivity contribution in [3.05, 3.63) is 40.1 Å². The Morgan fingerprint density at radius 1 is 1.24 bits per heavy atom. The number of rotatable bonds is 5. The van der Waals surface area contributed by atoms with E-state index in [0.717, 1.165) is 10.6 Å². The maximum atomic E-state index is 12.2. The van der Waals surface area contributed by atoms with E-state index < -0.39 is 23.2 Å². The Kier molecular flexibility index (Phi) is 7.65. The average Bonchev–Trinajstić information content (AvgIpc) is 2.71. The summed E-state index contributed by atoms with van der Waals surface area (Å²) in [5.41, 5.74) is -1.39. The normalized spacial score (nSPS) is 15.8. The highest BCUT2D eigenvalue weighted by Crippen LogP contribution is 2.37. The molecular weight excluding hydrogens is 487 g/mol. The van der Waals surface area contributed by atoms with Crippen molar-refractivity contribution >= 4 is 52.8 Å². The van der Waals surface area contributed by atoms with Crippen molar-refractivity contribution in [2.45, 2.75) is 61.6 Å². The van der Waals surface area contributed by atoms with Crippen LogP contribution in [-0.4, -0.2) is 51.4 Å². The van der Waals surface area contributed by atoms with E-state index in [0.29, 0.717) is 34.0 Å². The van der Waals surface area contributed by atoms with E-state index in [1.807, 2.05) is 24.0 Å². The molecule has 33 heavy (non-hydrogen) atoms. The molecule has 0 radical (unpaired) electrons. The number of ether oxygens (including phenoxy) is 1. The largest absolute Gasteiger partial charge is 0.480 e. The second kappa shape index (κ2) is 9.95. The van der Waals surface area contributed by atoms with E-state index in [9.17, 15) is 14.7 Å². The molecular formula is C22H26Cl2N4O4S. The minimum absolute atomic E-state index is 0.205. The number of aryl methyl sites for hydroxylation is 1. The molecule has 0 unspecified atom stereocenters. The van der Waals surface area contributed by atoms with Crippen LogP contribution >= 0.6 is 35.0 Å². The molecule has 0 saturated carbocycles. The van der Waals surface area contributed by atoms with E-state index in [1.54, 1.807) is 33.0 Å². The van der Waals surface area contributed by atoms with Crippen molar-refractivity contribution in [3.63, 3.8) is 0 Å². The van der Waals surface area contributed by atoms with Crippen molar-refractivity contribution in [2.75, 3.05) is 18.0 Å². The molecule has 2 heterocycles. The second-order valence-electron chi connectivity index (χ2n) is 8.77. The Bertz CT molecular complexity index is 1050.